The van der Waals surface area contributed by atoms with Gasteiger partial charge >= 0.3 is 5.97 Å². The standard InChI is InChI=1S/C15H17ClN2O5/c1-10-4-2-3-7-17(10)14(19)9-23-15(20)12-6-5-11(16)8-13(12)18(21)22/h5-6,8,10H,2-4,7,9H2,1H3/t10-/m1/s1. The number of carbonyl (C=O) groups is 2. The Hall–Kier alpha value is -2.15. The van der Waals surface area contributed by atoms with E-state index in [9.17, 15) is 19.7 Å². The fourth-order valence-corrected chi connectivity index (χ4v) is 2.75. The van der Waals surface area contributed by atoms with Gasteiger partial charge in [-0.1, -0.05) is 11.6 Å². The summed E-state index contributed by atoms with van der Waals surface area (Å²) in [6.07, 6.45) is 2.91. The summed E-state index contributed by atoms with van der Waals surface area (Å²) in [7, 11) is 0. The van der Waals surface area contributed by atoms with Crippen molar-refractivity contribution < 1.29 is 19.2 Å². The average molecular weight is 341 g/mol. The maximum atomic E-state index is 12.1. The van der Waals surface area contributed by atoms with Gasteiger partial charge in [-0.25, -0.2) is 4.79 Å². The summed E-state index contributed by atoms with van der Waals surface area (Å²) in [6.45, 7) is 2.16. The molecule has 0 bridgehead atoms. The number of rotatable bonds is 4. The Kier molecular flexibility index (Phi) is 5.54. The molecule has 7 nitrogen and oxygen atoms in total. The molecule has 124 valence electrons. The molecule has 0 saturated carbocycles. The number of nitro benzene ring substituents is 1. The van der Waals surface area contributed by atoms with Crippen LogP contribution >= 0.6 is 11.6 Å². The lowest BCUT2D eigenvalue weighted by Gasteiger charge is -2.33. The van der Waals surface area contributed by atoms with Gasteiger partial charge in [0.25, 0.3) is 11.6 Å². The summed E-state index contributed by atoms with van der Waals surface area (Å²) < 4.78 is 4.94. The van der Waals surface area contributed by atoms with Crippen molar-refractivity contribution >= 4 is 29.2 Å². The molecule has 0 aromatic heterocycles. The zero-order chi connectivity index (χ0) is 17.0. The van der Waals surface area contributed by atoms with Crippen LogP contribution in [0.15, 0.2) is 18.2 Å². The third kappa shape index (κ3) is 4.19. The van der Waals surface area contributed by atoms with E-state index in [1.54, 1.807) is 4.90 Å². The molecular formula is C15H17ClN2O5. The monoisotopic (exact) mass is 340 g/mol. The van der Waals surface area contributed by atoms with E-state index in [4.69, 9.17) is 16.3 Å². The van der Waals surface area contributed by atoms with E-state index in [2.05, 4.69) is 0 Å². The predicted molar refractivity (Wildman–Crippen MR) is 83.4 cm³/mol. The molecule has 1 heterocycles. The van der Waals surface area contributed by atoms with E-state index in [1.165, 1.54) is 12.1 Å². The summed E-state index contributed by atoms with van der Waals surface area (Å²) in [6, 6.07) is 3.77. The van der Waals surface area contributed by atoms with Gasteiger partial charge in [0.05, 0.1) is 4.92 Å². The Bertz CT molecular complexity index is 634. The number of nitro groups is 1. The van der Waals surface area contributed by atoms with Gasteiger partial charge in [-0.05, 0) is 38.3 Å². The first-order valence-corrected chi connectivity index (χ1v) is 7.68. The van der Waals surface area contributed by atoms with Gasteiger partial charge in [0.2, 0.25) is 0 Å². The van der Waals surface area contributed by atoms with Gasteiger partial charge in [0.15, 0.2) is 6.61 Å². The Morgan fingerprint density at radius 3 is 2.83 bits per heavy atom. The quantitative estimate of drug-likeness (QED) is 0.477. The summed E-state index contributed by atoms with van der Waals surface area (Å²) >= 11 is 5.69. The molecule has 1 saturated heterocycles. The number of ether oxygens (including phenoxy) is 1. The molecule has 1 aliphatic rings. The third-order valence-corrected chi connectivity index (χ3v) is 4.06. The minimum absolute atomic E-state index is 0.111. The van der Waals surface area contributed by atoms with Crippen molar-refractivity contribution in [1.29, 1.82) is 0 Å². The van der Waals surface area contributed by atoms with Crippen molar-refractivity contribution in [3.05, 3.63) is 38.9 Å². The number of amides is 1. The van der Waals surface area contributed by atoms with Crippen molar-refractivity contribution in [2.24, 2.45) is 0 Å². The van der Waals surface area contributed by atoms with Crippen LogP contribution in [0.25, 0.3) is 0 Å². The lowest BCUT2D eigenvalue weighted by atomic mass is 10.0. The zero-order valence-electron chi connectivity index (χ0n) is 12.7. The van der Waals surface area contributed by atoms with Crippen molar-refractivity contribution in [3.8, 4) is 0 Å². The number of benzene rings is 1. The van der Waals surface area contributed by atoms with E-state index in [-0.39, 0.29) is 22.5 Å². The van der Waals surface area contributed by atoms with E-state index in [0.29, 0.717) is 6.54 Å². The molecule has 0 N–H and O–H groups in total. The van der Waals surface area contributed by atoms with Crippen LogP contribution in [-0.2, 0) is 9.53 Å². The summed E-state index contributed by atoms with van der Waals surface area (Å²) in [4.78, 5) is 36.1. The highest BCUT2D eigenvalue weighted by molar-refractivity contribution is 6.31. The SMILES string of the molecule is C[C@@H]1CCCCN1C(=O)COC(=O)c1ccc(Cl)cc1[N+](=O)[O-]. The van der Waals surface area contributed by atoms with E-state index in [1.807, 2.05) is 6.92 Å². The number of halogens is 1. The number of piperidine rings is 1. The summed E-state index contributed by atoms with van der Waals surface area (Å²) in [5.41, 5.74) is -0.666. The molecule has 1 fully saturated rings. The van der Waals surface area contributed by atoms with Crippen LogP contribution in [0.2, 0.25) is 5.02 Å². The third-order valence-electron chi connectivity index (χ3n) is 3.83. The molecule has 0 radical (unpaired) electrons. The second kappa shape index (κ2) is 7.41. The molecule has 1 amide bonds. The van der Waals surface area contributed by atoms with Crippen LogP contribution in [0.5, 0.6) is 0 Å². The second-order valence-corrected chi connectivity index (χ2v) is 5.86. The van der Waals surface area contributed by atoms with Crippen LogP contribution < -0.4 is 0 Å². The minimum atomic E-state index is -0.911. The molecule has 1 atom stereocenters. The number of nitrogens with zero attached hydrogens (tertiary/aromatic N) is 2. The maximum Gasteiger partial charge on any atom is 0.345 e. The second-order valence-electron chi connectivity index (χ2n) is 5.43. The number of hydrogen-bond acceptors (Lipinski definition) is 5. The van der Waals surface area contributed by atoms with Crippen LogP contribution in [0.1, 0.15) is 36.5 Å². The Morgan fingerprint density at radius 2 is 2.17 bits per heavy atom. The number of carbonyl (C=O) groups excluding carboxylic acids is 2. The van der Waals surface area contributed by atoms with E-state index >= 15 is 0 Å². The number of hydrogen-bond donors (Lipinski definition) is 0. The molecule has 8 heteroatoms. The molecule has 0 unspecified atom stereocenters. The zero-order valence-corrected chi connectivity index (χ0v) is 13.4. The van der Waals surface area contributed by atoms with Crippen molar-refractivity contribution in [1.82, 2.24) is 4.90 Å². The molecule has 1 aromatic carbocycles. The number of likely N-dealkylation sites (tertiary alicyclic amines) is 1. The molecule has 23 heavy (non-hydrogen) atoms. The van der Waals surface area contributed by atoms with Gasteiger partial charge < -0.3 is 9.64 Å². The Balaban J connectivity index is 2.02. The summed E-state index contributed by atoms with van der Waals surface area (Å²) in [5.74, 6) is -1.20. The van der Waals surface area contributed by atoms with Gasteiger partial charge in [-0.3, -0.25) is 14.9 Å². The van der Waals surface area contributed by atoms with Crippen LogP contribution in [0, 0.1) is 10.1 Å². The highest BCUT2D eigenvalue weighted by Crippen LogP contribution is 2.24. The average Bonchev–Trinajstić information content (AvgIpc) is 2.52. The fraction of sp³-hybridized carbons (Fsp3) is 0.467. The highest BCUT2D eigenvalue weighted by atomic mass is 35.5. The summed E-state index contributed by atoms with van der Waals surface area (Å²) in [5, 5.41) is 11.1. The first kappa shape index (κ1) is 17.2. The van der Waals surface area contributed by atoms with Gasteiger partial charge in [0, 0.05) is 23.7 Å². The Morgan fingerprint density at radius 1 is 1.43 bits per heavy atom. The molecule has 1 aromatic rings. The minimum Gasteiger partial charge on any atom is -0.452 e. The van der Waals surface area contributed by atoms with Gasteiger partial charge in [0.1, 0.15) is 5.56 Å². The Labute approximate surface area is 138 Å². The highest BCUT2D eigenvalue weighted by Gasteiger charge is 2.26. The largest absolute Gasteiger partial charge is 0.452 e. The predicted octanol–water partition coefficient (Wildman–Crippen LogP) is 2.81. The fourth-order valence-electron chi connectivity index (χ4n) is 2.59. The first-order chi connectivity index (χ1) is 10.9. The molecule has 0 aliphatic carbocycles. The van der Waals surface area contributed by atoms with Crippen molar-refractivity contribution in [2.45, 2.75) is 32.2 Å². The van der Waals surface area contributed by atoms with Crippen LogP contribution in [-0.4, -0.2) is 40.9 Å². The molecule has 2 rings (SSSR count). The van der Waals surface area contributed by atoms with Gasteiger partial charge in [-0.15, -0.1) is 0 Å². The van der Waals surface area contributed by atoms with E-state index in [0.717, 1.165) is 25.3 Å². The molecule has 0 spiro atoms. The van der Waals surface area contributed by atoms with Crippen LogP contribution in [0.3, 0.4) is 0 Å². The van der Waals surface area contributed by atoms with E-state index < -0.39 is 23.2 Å². The topological polar surface area (TPSA) is 89.8 Å². The number of esters is 1. The molecular weight excluding hydrogens is 324 g/mol. The lowest BCUT2D eigenvalue weighted by Crippen LogP contribution is -2.44. The normalized spacial score (nSPS) is 17.7. The smallest absolute Gasteiger partial charge is 0.345 e. The van der Waals surface area contributed by atoms with Crippen molar-refractivity contribution in [3.63, 3.8) is 0 Å². The van der Waals surface area contributed by atoms with Gasteiger partial charge in [-0.2, -0.15) is 0 Å². The maximum absolute atomic E-state index is 12.1. The van der Waals surface area contributed by atoms with Crippen LogP contribution in [0.4, 0.5) is 5.69 Å². The van der Waals surface area contributed by atoms with Crippen molar-refractivity contribution in [2.75, 3.05) is 13.2 Å². The first-order valence-electron chi connectivity index (χ1n) is 7.30. The molecule has 1 aliphatic heterocycles. The lowest BCUT2D eigenvalue weighted by molar-refractivity contribution is -0.385.